The molecule has 112 valence electrons. The predicted octanol–water partition coefficient (Wildman–Crippen LogP) is 2.52. The molecule has 2 rings (SSSR count). The van der Waals surface area contributed by atoms with Crippen LogP contribution in [-0.2, 0) is 11.3 Å². The van der Waals surface area contributed by atoms with Crippen molar-refractivity contribution >= 4 is 17.2 Å². The van der Waals surface area contributed by atoms with E-state index >= 15 is 0 Å². The molecule has 4 nitrogen and oxygen atoms in total. The first-order valence-electron chi connectivity index (χ1n) is 7.51. The van der Waals surface area contributed by atoms with Gasteiger partial charge < -0.3 is 10.2 Å². The Morgan fingerprint density at radius 1 is 1.60 bits per heavy atom. The van der Waals surface area contributed by atoms with Gasteiger partial charge in [-0.3, -0.25) is 4.79 Å². The Balaban J connectivity index is 1.88. The van der Waals surface area contributed by atoms with Crippen molar-refractivity contribution in [2.24, 2.45) is 11.8 Å². The molecule has 0 saturated carbocycles. The van der Waals surface area contributed by atoms with Crippen molar-refractivity contribution in [1.29, 1.82) is 0 Å². The number of nitrogens with zero attached hydrogens (tertiary/aromatic N) is 2. The first-order chi connectivity index (χ1) is 9.61. The highest BCUT2D eigenvalue weighted by atomic mass is 32.1. The van der Waals surface area contributed by atoms with Crippen molar-refractivity contribution in [2.75, 3.05) is 13.1 Å². The fourth-order valence-corrected chi connectivity index (χ4v) is 3.40. The van der Waals surface area contributed by atoms with Crippen molar-refractivity contribution in [3.8, 4) is 0 Å². The third-order valence-corrected chi connectivity index (χ3v) is 4.73. The number of carbonyl (C=O) groups is 1. The van der Waals surface area contributed by atoms with E-state index in [0.29, 0.717) is 17.9 Å². The maximum absolute atomic E-state index is 12.1. The second kappa shape index (κ2) is 7.18. The highest BCUT2D eigenvalue weighted by Crippen LogP contribution is 2.22. The average Bonchev–Trinajstić information content (AvgIpc) is 2.97. The minimum absolute atomic E-state index is 0.104. The molecule has 1 aliphatic rings. The van der Waals surface area contributed by atoms with Gasteiger partial charge in [0.25, 0.3) is 0 Å². The van der Waals surface area contributed by atoms with Gasteiger partial charge in [-0.2, -0.15) is 0 Å². The molecular weight excluding hydrogens is 270 g/mol. The van der Waals surface area contributed by atoms with E-state index in [1.807, 2.05) is 24.3 Å². The lowest BCUT2D eigenvalue weighted by atomic mass is 9.89. The summed E-state index contributed by atoms with van der Waals surface area (Å²) in [6, 6.07) is 0.498. The van der Waals surface area contributed by atoms with Crippen molar-refractivity contribution in [3.05, 3.63) is 16.6 Å². The lowest BCUT2D eigenvalue weighted by Crippen LogP contribution is -2.51. The summed E-state index contributed by atoms with van der Waals surface area (Å²) in [4.78, 5) is 18.5. The van der Waals surface area contributed by atoms with Crippen LogP contribution < -0.4 is 5.32 Å². The van der Waals surface area contributed by atoms with Crippen LogP contribution in [0.1, 0.15) is 39.3 Å². The van der Waals surface area contributed by atoms with Crippen LogP contribution >= 0.6 is 11.3 Å². The Labute approximate surface area is 125 Å². The Hall–Kier alpha value is -0.940. The first kappa shape index (κ1) is 15.4. The number of amides is 1. The molecule has 1 fully saturated rings. The van der Waals surface area contributed by atoms with E-state index in [1.54, 1.807) is 11.3 Å². The Kier molecular flexibility index (Phi) is 5.54. The Morgan fingerprint density at radius 2 is 2.40 bits per heavy atom. The molecular formula is C15H25N3OS. The van der Waals surface area contributed by atoms with Crippen LogP contribution in [0.2, 0.25) is 0 Å². The van der Waals surface area contributed by atoms with E-state index in [-0.39, 0.29) is 5.92 Å². The molecule has 2 atom stereocenters. The highest BCUT2D eigenvalue weighted by Gasteiger charge is 2.30. The van der Waals surface area contributed by atoms with Crippen LogP contribution in [0.3, 0.4) is 0 Å². The number of nitrogens with one attached hydrogen (secondary N) is 1. The summed E-state index contributed by atoms with van der Waals surface area (Å²) >= 11 is 1.64. The summed E-state index contributed by atoms with van der Waals surface area (Å²) in [6.45, 7) is 8.78. The van der Waals surface area contributed by atoms with Gasteiger partial charge in [-0.15, -0.1) is 11.3 Å². The standard InChI is InChI=1S/C15H25N3OS/c1-4-12-8-18(15(19)11(2)3)6-5-14(12)16-7-13-9-20-10-17-13/h9-12,14,16H,4-8H2,1-3H3/t12-,14+/m0/s1. The zero-order valence-electron chi connectivity index (χ0n) is 12.6. The second-order valence-corrected chi connectivity index (χ2v) is 6.58. The molecule has 1 N–H and O–H groups in total. The molecule has 1 amide bonds. The lowest BCUT2D eigenvalue weighted by molar-refractivity contribution is -0.136. The number of carbonyl (C=O) groups excluding carboxylic acids is 1. The summed E-state index contributed by atoms with van der Waals surface area (Å²) in [5.41, 5.74) is 2.99. The molecule has 1 aliphatic heterocycles. The van der Waals surface area contributed by atoms with Gasteiger partial charge in [0.15, 0.2) is 0 Å². The van der Waals surface area contributed by atoms with Crippen LogP contribution in [0, 0.1) is 11.8 Å². The molecule has 0 spiro atoms. The van der Waals surface area contributed by atoms with Gasteiger partial charge in [0, 0.05) is 37.0 Å². The molecule has 2 heterocycles. The quantitative estimate of drug-likeness (QED) is 0.908. The summed E-state index contributed by atoms with van der Waals surface area (Å²) < 4.78 is 0. The van der Waals surface area contributed by atoms with Gasteiger partial charge in [-0.05, 0) is 12.3 Å². The zero-order valence-corrected chi connectivity index (χ0v) is 13.4. The van der Waals surface area contributed by atoms with Gasteiger partial charge in [0.2, 0.25) is 5.91 Å². The van der Waals surface area contributed by atoms with Crippen molar-refractivity contribution in [1.82, 2.24) is 15.2 Å². The molecule has 1 aromatic rings. The van der Waals surface area contributed by atoms with Gasteiger partial charge in [-0.1, -0.05) is 27.2 Å². The van der Waals surface area contributed by atoms with Crippen LogP contribution in [0.25, 0.3) is 0 Å². The summed E-state index contributed by atoms with van der Waals surface area (Å²) in [7, 11) is 0. The monoisotopic (exact) mass is 295 g/mol. The molecule has 0 bridgehead atoms. The maximum Gasteiger partial charge on any atom is 0.225 e. The Morgan fingerprint density at radius 3 is 3.00 bits per heavy atom. The van der Waals surface area contributed by atoms with Gasteiger partial charge in [0.05, 0.1) is 11.2 Å². The number of aromatic nitrogens is 1. The maximum atomic E-state index is 12.1. The third-order valence-electron chi connectivity index (χ3n) is 4.09. The van der Waals surface area contributed by atoms with Crippen molar-refractivity contribution in [3.63, 3.8) is 0 Å². The third kappa shape index (κ3) is 3.79. The van der Waals surface area contributed by atoms with Crippen LogP contribution in [0.4, 0.5) is 0 Å². The largest absolute Gasteiger partial charge is 0.342 e. The van der Waals surface area contributed by atoms with Crippen molar-refractivity contribution in [2.45, 2.75) is 46.2 Å². The highest BCUT2D eigenvalue weighted by molar-refractivity contribution is 7.07. The summed E-state index contributed by atoms with van der Waals surface area (Å²) in [6.07, 6.45) is 2.15. The summed E-state index contributed by atoms with van der Waals surface area (Å²) in [5, 5.41) is 5.71. The topological polar surface area (TPSA) is 45.2 Å². The molecule has 0 aliphatic carbocycles. The lowest BCUT2D eigenvalue weighted by Gasteiger charge is -2.39. The second-order valence-electron chi connectivity index (χ2n) is 5.86. The van der Waals surface area contributed by atoms with E-state index in [2.05, 4.69) is 22.6 Å². The molecule has 1 saturated heterocycles. The molecule has 1 aromatic heterocycles. The number of piperidine rings is 1. The molecule has 0 unspecified atom stereocenters. The zero-order chi connectivity index (χ0) is 14.5. The molecule has 20 heavy (non-hydrogen) atoms. The number of thiazole rings is 1. The van der Waals surface area contributed by atoms with Gasteiger partial charge >= 0.3 is 0 Å². The van der Waals surface area contributed by atoms with Crippen LogP contribution in [0.15, 0.2) is 10.9 Å². The normalized spacial score (nSPS) is 23.3. The average molecular weight is 295 g/mol. The number of rotatable bonds is 5. The fraction of sp³-hybridized carbons (Fsp3) is 0.733. The number of hydrogen-bond donors (Lipinski definition) is 1. The van der Waals surface area contributed by atoms with E-state index < -0.39 is 0 Å². The van der Waals surface area contributed by atoms with Crippen molar-refractivity contribution < 1.29 is 4.79 Å². The van der Waals surface area contributed by atoms with E-state index in [4.69, 9.17) is 0 Å². The first-order valence-corrected chi connectivity index (χ1v) is 8.45. The SMILES string of the molecule is CC[C@H]1CN(C(=O)C(C)C)CC[C@H]1NCc1cscn1. The van der Waals surface area contributed by atoms with Crippen LogP contribution in [-0.4, -0.2) is 34.9 Å². The van der Waals surface area contributed by atoms with Gasteiger partial charge in [0.1, 0.15) is 0 Å². The minimum atomic E-state index is 0.104. The molecule has 0 aromatic carbocycles. The minimum Gasteiger partial charge on any atom is -0.342 e. The number of hydrogen-bond acceptors (Lipinski definition) is 4. The molecule has 0 radical (unpaired) electrons. The summed E-state index contributed by atoms with van der Waals surface area (Å²) in [5.74, 6) is 0.943. The van der Waals surface area contributed by atoms with E-state index in [9.17, 15) is 4.79 Å². The fourth-order valence-electron chi connectivity index (χ4n) is 2.84. The van der Waals surface area contributed by atoms with E-state index in [1.165, 1.54) is 0 Å². The van der Waals surface area contributed by atoms with Crippen LogP contribution in [0.5, 0.6) is 0 Å². The van der Waals surface area contributed by atoms with Gasteiger partial charge in [-0.25, -0.2) is 4.98 Å². The predicted molar refractivity (Wildman–Crippen MR) is 82.6 cm³/mol. The van der Waals surface area contributed by atoms with E-state index in [0.717, 1.165) is 38.2 Å². The number of likely N-dealkylation sites (tertiary alicyclic amines) is 1. The smallest absolute Gasteiger partial charge is 0.225 e. The molecule has 5 heteroatoms. The Bertz CT molecular complexity index is 419.